The van der Waals surface area contributed by atoms with Gasteiger partial charge in [-0.15, -0.1) is 0 Å². The van der Waals surface area contributed by atoms with Crippen LogP contribution in [0.5, 0.6) is 5.75 Å². The van der Waals surface area contributed by atoms with Crippen molar-refractivity contribution in [2.75, 3.05) is 18.9 Å². The number of rotatable bonds is 7. The highest BCUT2D eigenvalue weighted by Gasteiger charge is 2.93. The molecule has 4 saturated carbocycles. The number of nitrogen functional groups attached to an aromatic ring is 1. The molecule has 2 unspecified atom stereocenters. The van der Waals surface area contributed by atoms with Crippen LogP contribution >= 0.6 is 0 Å². The van der Waals surface area contributed by atoms with E-state index in [0.717, 1.165) is 6.42 Å². The number of fused-ring (bicyclic) bond motifs is 1. The van der Waals surface area contributed by atoms with Crippen LogP contribution in [-0.2, 0) is 14.9 Å². The molecule has 1 aliphatic heterocycles. The molecule has 0 amide bonds. The second kappa shape index (κ2) is 6.13. The lowest BCUT2D eigenvalue weighted by molar-refractivity contribution is -0.155. The van der Waals surface area contributed by atoms with Gasteiger partial charge in [0, 0.05) is 34.8 Å². The van der Waals surface area contributed by atoms with Crippen LogP contribution in [0.2, 0.25) is 0 Å². The first-order valence-electron chi connectivity index (χ1n) is 10.4. The van der Waals surface area contributed by atoms with Crippen molar-refractivity contribution in [2.45, 2.75) is 50.5 Å². The van der Waals surface area contributed by atoms with Gasteiger partial charge in [-0.05, 0) is 44.2 Å². The molecule has 0 aromatic carbocycles. The first-order chi connectivity index (χ1) is 14.4. The zero-order valence-corrected chi connectivity index (χ0v) is 16.8. The van der Waals surface area contributed by atoms with Gasteiger partial charge in [-0.25, -0.2) is 4.98 Å². The van der Waals surface area contributed by atoms with Crippen molar-refractivity contribution in [3.8, 4) is 17.0 Å². The third-order valence-electron chi connectivity index (χ3n) is 7.24. The number of hydrogen-bond donors (Lipinski definition) is 1. The molecule has 3 heterocycles. The van der Waals surface area contributed by atoms with E-state index in [1.807, 2.05) is 0 Å². The summed E-state index contributed by atoms with van der Waals surface area (Å²) in [6, 6.07) is 3.75. The number of hydrogen-bond acceptors (Lipinski definition) is 6. The van der Waals surface area contributed by atoms with Crippen molar-refractivity contribution in [2.24, 2.45) is 17.8 Å². The van der Waals surface area contributed by atoms with E-state index in [2.05, 4.69) is 34.3 Å². The predicted molar refractivity (Wildman–Crippen MR) is 103 cm³/mol. The SMILES string of the molecule is CC(C)n1nc(-c2cnc(N)c(OC(F)F)c2)cc1[C@]12C3C(OC4COC4)C[C@@H]1[C@H]32. The highest BCUT2D eigenvalue weighted by Crippen LogP contribution is 2.91. The van der Waals surface area contributed by atoms with Crippen LogP contribution in [0, 0.1) is 17.8 Å². The van der Waals surface area contributed by atoms with E-state index in [4.69, 9.17) is 20.3 Å². The van der Waals surface area contributed by atoms with Gasteiger partial charge in [0.25, 0.3) is 0 Å². The minimum absolute atomic E-state index is 0.0661. The average molecular weight is 418 g/mol. The number of nitrogens with two attached hydrogens (primary N) is 1. The topological polar surface area (TPSA) is 84.4 Å². The Balaban J connectivity index is 1.31. The van der Waals surface area contributed by atoms with Crippen molar-refractivity contribution in [1.29, 1.82) is 0 Å². The van der Waals surface area contributed by atoms with Gasteiger partial charge in [-0.1, -0.05) is 0 Å². The molecule has 7 nitrogen and oxygen atoms in total. The monoisotopic (exact) mass is 418 g/mol. The Morgan fingerprint density at radius 3 is 2.70 bits per heavy atom. The van der Waals surface area contributed by atoms with Gasteiger partial charge in [0.2, 0.25) is 0 Å². The Morgan fingerprint density at radius 2 is 2.07 bits per heavy atom. The summed E-state index contributed by atoms with van der Waals surface area (Å²) in [7, 11) is 0. The van der Waals surface area contributed by atoms with Crippen LogP contribution in [0.15, 0.2) is 18.3 Å². The summed E-state index contributed by atoms with van der Waals surface area (Å²) in [4.78, 5) is 4.02. The Morgan fingerprint density at radius 1 is 1.27 bits per heavy atom. The molecule has 30 heavy (non-hydrogen) atoms. The van der Waals surface area contributed by atoms with E-state index in [-0.39, 0.29) is 29.1 Å². The lowest BCUT2D eigenvalue weighted by Gasteiger charge is -2.29. The maximum absolute atomic E-state index is 12.7. The highest BCUT2D eigenvalue weighted by atomic mass is 19.3. The number of halogens is 2. The van der Waals surface area contributed by atoms with Gasteiger partial charge in [0.15, 0.2) is 11.6 Å². The average Bonchev–Trinajstić information content (AvgIpc) is 3.23. The largest absolute Gasteiger partial charge is 0.431 e. The third-order valence-corrected chi connectivity index (χ3v) is 7.24. The molecule has 0 radical (unpaired) electrons. The summed E-state index contributed by atoms with van der Waals surface area (Å²) < 4.78 is 43.5. The normalized spacial score (nSPS) is 33.7. The molecule has 0 spiro atoms. The first-order valence-corrected chi connectivity index (χ1v) is 10.4. The zero-order chi connectivity index (χ0) is 20.8. The molecule has 9 heteroatoms. The van der Waals surface area contributed by atoms with E-state index < -0.39 is 6.61 Å². The van der Waals surface area contributed by atoms with E-state index in [1.165, 1.54) is 11.8 Å². The quantitative estimate of drug-likeness (QED) is 0.744. The number of nitrogens with zero attached hydrogens (tertiary/aromatic N) is 3. The van der Waals surface area contributed by atoms with Gasteiger partial charge < -0.3 is 19.9 Å². The maximum Gasteiger partial charge on any atom is 0.387 e. The summed E-state index contributed by atoms with van der Waals surface area (Å²) in [5.41, 5.74) is 8.37. The lowest BCUT2D eigenvalue weighted by atomic mass is 10.0. The minimum Gasteiger partial charge on any atom is -0.431 e. The molecular formula is C21H24F2N4O3. The van der Waals surface area contributed by atoms with E-state index in [9.17, 15) is 8.78 Å². The Hall–Kier alpha value is -2.26. The van der Waals surface area contributed by atoms with Crippen molar-refractivity contribution in [3.63, 3.8) is 0 Å². The van der Waals surface area contributed by atoms with Crippen LogP contribution in [0.25, 0.3) is 11.3 Å². The Kier molecular flexibility index (Phi) is 3.78. The predicted octanol–water partition coefficient (Wildman–Crippen LogP) is 3.01. The summed E-state index contributed by atoms with van der Waals surface area (Å²) in [6.45, 7) is 2.65. The summed E-state index contributed by atoms with van der Waals surface area (Å²) in [5, 5.41) is 4.80. The fourth-order valence-corrected chi connectivity index (χ4v) is 5.88. The molecule has 4 aliphatic carbocycles. The molecule has 160 valence electrons. The Labute approximate surface area is 172 Å². The fraction of sp³-hybridized carbons (Fsp3) is 0.619. The Bertz CT molecular complexity index is 1000. The maximum atomic E-state index is 12.7. The number of ether oxygens (including phenoxy) is 3. The van der Waals surface area contributed by atoms with E-state index in [1.54, 1.807) is 6.20 Å². The van der Waals surface area contributed by atoms with Crippen LogP contribution in [0.1, 0.15) is 32.0 Å². The molecule has 5 fully saturated rings. The third kappa shape index (κ3) is 2.42. The molecule has 2 bridgehead atoms. The summed E-state index contributed by atoms with van der Waals surface area (Å²) >= 11 is 0. The van der Waals surface area contributed by atoms with Crippen LogP contribution in [-0.4, -0.2) is 46.8 Å². The molecular weight excluding hydrogens is 394 g/mol. The van der Waals surface area contributed by atoms with Crippen molar-refractivity contribution in [3.05, 3.63) is 24.0 Å². The van der Waals surface area contributed by atoms with Crippen molar-refractivity contribution in [1.82, 2.24) is 14.8 Å². The number of pyridine rings is 1. The molecule has 7 rings (SSSR count). The second-order valence-corrected chi connectivity index (χ2v) is 9.10. The fourth-order valence-electron chi connectivity index (χ4n) is 5.88. The standard InChI is InChI=1S/C21H24F2N4O3/c1-9(2)27-16(21-12-4-14(18(21)17(12)21)29-11-7-28-8-11)5-13(26-27)10-3-15(30-20(22)23)19(24)25-6-10/h3,5-6,9,11-12,14,17-18,20H,4,7-8H2,1-2H3,(H2,24,25)/t12-,14?,17-,18?,21-/m1/s1. The molecule has 5 atom stereocenters. The number of aromatic nitrogens is 3. The minimum atomic E-state index is -2.96. The van der Waals surface area contributed by atoms with Gasteiger partial charge in [-0.2, -0.15) is 13.9 Å². The molecule has 2 N–H and O–H groups in total. The smallest absolute Gasteiger partial charge is 0.387 e. The van der Waals surface area contributed by atoms with Gasteiger partial charge >= 0.3 is 6.61 Å². The zero-order valence-electron chi connectivity index (χ0n) is 16.8. The van der Waals surface area contributed by atoms with Gasteiger partial charge in [-0.3, -0.25) is 4.68 Å². The van der Waals surface area contributed by atoms with Gasteiger partial charge in [0.05, 0.1) is 25.0 Å². The molecule has 5 aliphatic rings. The molecule has 2 aromatic heterocycles. The number of alkyl halides is 2. The van der Waals surface area contributed by atoms with E-state index >= 15 is 0 Å². The molecule has 2 aromatic rings. The highest BCUT2D eigenvalue weighted by molar-refractivity contribution is 5.66. The summed E-state index contributed by atoms with van der Waals surface area (Å²) in [5.74, 6) is 1.68. The lowest BCUT2D eigenvalue weighted by Crippen LogP contribution is -2.39. The van der Waals surface area contributed by atoms with Crippen LogP contribution < -0.4 is 10.5 Å². The van der Waals surface area contributed by atoms with Crippen LogP contribution in [0.4, 0.5) is 14.6 Å². The molecule has 1 saturated heterocycles. The number of anilines is 1. The van der Waals surface area contributed by atoms with Crippen LogP contribution in [0.3, 0.4) is 0 Å². The van der Waals surface area contributed by atoms with Gasteiger partial charge in [0.1, 0.15) is 6.10 Å². The summed E-state index contributed by atoms with van der Waals surface area (Å²) in [6.07, 6.45) is 3.19. The van der Waals surface area contributed by atoms with Crippen molar-refractivity contribution >= 4 is 5.82 Å². The van der Waals surface area contributed by atoms with Crippen molar-refractivity contribution < 1.29 is 23.0 Å². The second-order valence-electron chi connectivity index (χ2n) is 9.10. The van der Waals surface area contributed by atoms with E-state index in [0.29, 0.717) is 48.3 Å². The first kappa shape index (κ1) is 18.5.